The van der Waals surface area contributed by atoms with Gasteiger partial charge in [-0.15, -0.1) is 0 Å². The maximum atomic E-state index is 12.4. The molecular formula is C20H31BN2O2. The molecule has 0 spiro atoms. The number of carbonyl (C=O) groups is 1. The molecule has 2 atom stereocenters. The molecule has 0 saturated carbocycles. The van der Waals surface area contributed by atoms with Crippen LogP contribution in [-0.2, 0) is 21.3 Å². The monoisotopic (exact) mass is 342 g/mol. The van der Waals surface area contributed by atoms with Crippen LogP contribution < -0.4 is 5.73 Å². The highest BCUT2D eigenvalue weighted by Crippen LogP contribution is 2.34. The summed E-state index contributed by atoms with van der Waals surface area (Å²) in [5.74, 6) is -0.0835. The van der Waals surface area contributed by atoms with Crippen molar-refractivity contribution >= 4 is 20.0 Å². The predicted molar refractivity (Wildman–Crippen MR) is 104 cm³/mol. The van der Waals surface area contributed by atoms with Crippen LogP contribution in [0.1, 0.15) is 59.1 Å². The smallest absolute Gasteiger partial charge is 0.167 e. The van der Waals surface area contributed by atoms with Crippen LogP contribution in [0.4, 0.5) is 0 Å². The van der Waals surface area contributed by atoms with Crippen LogP contribution in [-0.4, -0.2) is 31.2 Å². The fraction of sp³-hybridized carbons (Fsp3) is 0.600. The number of rotatable bonds is 9. The van der Waals surface area contributed by atoms with E-state index >= 15 is 0 Å². The van der Waals surface area contributed by atoms with Gasteiger partial charge in [0.15, 0.2) is 12.2 Å². The van der Waals surface area contributed by atoms with Crippen molar-refractivity contribution in [3.63, 3.8) is 0 Å². The largest absolute Gasteiger partial charge is 0.478 e. The first-order valence-electron chi connectivity index (χ1n) is 8.69. The Kier molecular flexibility index (Phi) is 6.63. The average molecular weight is 342 g/mol. The molecule has 25 heavy (non-hydrogen) atoms. The van der Waals surface area contributed by atoms with Crippen molar-refractivity contribution < 1.29 is 9.53 Å². The highest BCUT2D eigenvalue weighted by atomic mass is 16.5. The molecule has 4 nitrogen and oxygen atoms in total. The van der Waals surface area contributed by atoms with E-state index in [2.05, 4.69) is 0 Å². The highest BCUT2D eigenvalue weighted by molar-refractivity contribution is 6.15. The van der Waals surface area contributed by atoms with E-state index in [0.717, 1.165) is 17.5 Å². The average Bonchev–Trinajstić information content (AvgIpc) is 2.44. The Bertz CT molecular complexity index is 622. The number of carbonyl (C=O) groups excluding carboxylic acids is 1. The van der Waals surface area contributed by atoms with Gasteiger partial charge in [-0.3, -0.25) is 10.2 Å². The molecule has 0 aliphatic heterocycles. The minimum atomic E-state index is -0.943. The highest BCUT2D eigenvalue weighted by Gasteiger charge is 2.35. The summed E-state index contributed by atoms with van der Waals surface area (Å²) in [6, 6.07) is 7.83. The van der Waals surface area contributed by atoms with Gasteiger partial charge in [0.2, 0.25) is 0 Å². The number of Topliss-reactive ketones (excluding diaryl/α,β-unsaturated/α-hetero) is 1. The third kappa shape index (κ3) is 5.70. The summed E-state index contributed by atoms with van der Waals surface area (Å²) in [5, 5.41) is 6.50. The lowest BCUT2D eigenvalue weighted by Gasteiger charge is -2.37. The zero-order valence-electron chi connectivity index (χ0n) is 16.3. The molecule has 0 fully saturated rings. The number of ketones is 1. The minimum absolute atomic E-state index is 0.0356. The zero-order valence-corrected chi connectivity index (χ0v) is 16.3. The summed E-state index contributed by atoms with van der Waals surface area (Å²) >= 11 is 0. The Morgan fingerprint density at radius 2 is 1.84 bits per heavy atom. The number of nitrogens with two attached hydrogens (primary N) is 1. The van der Waals surface area contributed by atoms with E-state index in [9.17, 15) is 4.79 Å². The first-order chi connectivity index (χ1) is 11.3. The third-order valence-electron chi connectivity index (χ3n) is 4.45. The van der Waals surface area contributed by atoms with Crippen LogP contribution in [0.15, 0.2) is 24.3 Å². The Morgan fingerprint density at radius 3 is 2.36 bits per heavy atom. The van der Waals surface area contributed by atoms with Gasteiger partial charge < -0.3 is 10.5 Å². The lowest BCUT2D eigenvalue weighted by Crippen LogP contribution is -2.49. The molecule has 2 radical (unpaired) electrons. The minimum Gasteiger partial charge on any atom is -0.478 e. The first kappa shape index (κ1) is 21.4. The van der Waals surface area contributed by atoms with Crippen molar-refractivity contribution in [2.45, 2.75) is 70.8 Å². The van der Waals surface area contributed by atoms with Gasteiger partial charge in [0.1, 0.15) is 5.60 Å². The van der Waals surface area contributed by atoms with E-state index in [4.69, 9.17) is 23.7 Å². The van der Waals surface area contributed by atoms with Gasteiger partial charge in [0, 0.05) is 5.92 Å². The summed E-state index contributed by atoms with van der Waals surface area (Å²) in [7, 11) is 6.63. The van der Waals surface area contributed by atoms with Crippen molar-refractivity contribution in [1.29, 1.82) is 5.41 Å². The maximum absolute atomic E-state index is 12.4. The molecular weight excluding hydrogens is 311 g/mol. The standard InChI is InChI=1S/C20H31BN2O2/c1-14(2)17(24)20(6,23)11-15-9-7-8-10-16(15)19(5,21)12-18(3,4)25-13-22/h7-10,13-14,22H,11-12,23H2,1-6H3. The maximum Gasteiger partial charge on any atom is 0.167 e. The molecule has 0 heterocycles. The first-order valence-corrected chi connectivity index (χ1v) is 8.69. The van der Waals surface area contributed by atoms with E-state index in [1.54, 1.807) is 6.92 Å². The topological polar surface area (TPSA) is 76.2 Å². The second-order valence-electron chi connectivity index (χ2n) is 8.36. The summed E-state index contributed by atoms with van der Waals surface area (Å²) in [6.45, 7) is 11.3. The quantitative estimate of drug-likeness (QED) is 0.410. The van der Waals surface area contributed by atoms with Crippen LogP contribution >= 0.6 is 0 Å². The predicted octanol–water partition coefficient (Wildman–Crippen LogP) is 3.35. The van der Waals surface area contributed by atoms with Crippen LogP contribution in [0, 0.1) is 11.3 Å². The number of hydrogen-bond donors (Lipinski definition) is 2. The fourth-order valence-corrected chi connectivity index (χ4v) is 3.55. The second-order valence-corrected chi connectivity index (χ2v) is 8.36. The van der Waals surface area contributed by atoms with Gasteiger partial charge >= 0.3 is 0 Å². The van der Waals surface area contributed by atoms with Gasteiger partial charge in [0.05, 0.1) is 13.4 Å². The van der Waals surface area contributed by atoms with Crippen molar-refractivity contribution in [3.8, 4) is 0 Å². The molecule has 0 bridgehead atoms. The Hall–Kier alpha value is -1.62. The number of benzene rings is 1. The summed E-state index contributed by atoms with van der Waals surface area (Å²) < 4.78 is 5.38. The number of hydrogen-bond acceptors (Lipinski definition) is 4. The Balaban J connectivity index is 3.19. The lowest BCUT2D eigenvalue weighted by atomic mass is 9.59. The molecule has 1 aromatic rings. The van der Waals surface area contributed by atoms with E-state index in [1.165, 1.54) is 0 Å². The molecule has 3 N–H and O–H groups in total. The summed E-state index contributed by atoms with van der Waals surface area (Å²) in [5.41, 5.74) is 6.74. The number of ether oxygens (including phenoxy) is 1. The zero-order chi connectivity index (χ0) is 19.5. The molecule has 0 aliphatic carbocycles. The van der Waals surface area contributed by atoms with Crippen molar-refractivity contribution in [2.75, 3.05) is 0 Å². The van der Waals surface area contributed by atoms with Crippen LogP contribution in [0.3, 0.4) is 0 Å². The Morgan fingerprint density at radius 1 is 1.28 bits per heavy atom. The fourth-order valence-electron chi connectivity index (χ4n) is 3.55. The molecule has 1 aromatic carbocycles. The molecule has 0 saturated heterocycles. The molecule has 1 rings (SSSR count). The van der Waals surface area contributed by atoms with Gasteiger partial charge in [-0.05, 0) is 50.1 Å². The van der Waals surface area contributed by atoms with Gasteiger partial charge in [-0.1, -0.05) is 45.0 Å². The van der Waals surface area contributed by atoms with Gasteiger partial charge in [-0.2, -0.15) is 0 Å². The normalized spacial score (nSPS) is 16.8. The SMILES string of the molecule is [B]C(C)(CC(C)(C)OC=N)c1ccccc1CC(C)(N)C(=O)C(C)C. The lowest BCUT2D eigenvalue weighted by molar-refractivity contribution is -0.126. The van der Waals surface area contributed by atoms with Crippen LogP contribution in [0.25, 0.3) is 0 Å². The Labute approximate surface area is 153 Å². The van der Waals surface area contributed by atoms with Crippen molar-refractivity contribution in [2.24, 2.45) is 11.7 Å². The van der Waals surface area contributed by atoms with E-state index in [0.29, 0.717) is 12.8 Å². The van der Waals surface area contributed by atoms with E-state index in [-0.39, 0.29) is 11.7 Å². The molecule has 0 aromatic heterocycles. The van der Waals surface area contributed by atoms with Crippen molar-refractivity contribution in [1.82, 2.24) is 0 Å². The third-order valence-corrected chi connectivity index (χ3v) is 4.45. The van der Waals surface area contributed by atoms with E-state index < -0.39 is 16.5 Å². The molecule has 136 valence electrons. The van der Waals surface area contributed by atoms with Crippen molar-refractivity contribution in [3.05, 3.63) is 35.4 Å². The van der Waals surface area contributed by atoms with Crippen LogP contribution in [0.5, 0.6) is 0 Å². The van der Waals surface area contributed by atoms with Gasteiger partial charge in [0.25, 0.3) is 0 Å². The summed E-state index contributed by atoms with van der Waals surface area (Å²) in [4.78, 5) is 12.4. The van der Waals surface area contributed by atoms with Crippen LogP contribution in [0.2, 0.25) is 0 Å². The van der Waals surface area contributed by atoms with E-state index in [1.807, 2.05) is 58.9 Å². The molecule has 2 unspecified atom stereocenters. The number of nitrogens with one attached hydrogen (secondary N) is 1. The molecule has 0 aliphatic rings. The second kappa shape index (κ2) is 7.73. The summed E-state index contributed by atoms with van der Waals surface area (Å²) in [6.07, 6.45) is 1.89. The van der Waals surface area contributed by atoms with Gasteiger partial charge in [-0.25, -0.2) is 0 Å². The molecule has 5 heteroatoms. The molecule has 0 amide bonds.